The van der Waals surface area contributed by atoms with E-state index in [-0.39, 0.29) is 0 Å². The van der Waals surface area contributed by atoms with Crippen molar-refractivity contribution in [2.75, 3.05) is 17.6 Å². The van der Waals surface area contributed by atoms with E-state index in [9.17, 15) is 0 Å². The molecule has 3 heteroatoms. The van der Waals surface area contributed by atoms with E-state index in [0.29, 0.717) is 0 Å². The van der Waals surface area contributed by atoms with Crippen LogP contribution in [0.25, 0.3) is 0 Å². The second kappa shape index (κ2) is 6.23. The highest BCUT2D eigenvalue weighted by atomic mass is 14.9. The van der Waals surface area contributed by atoms with Gasteiger partial charge in [-0.05, 0) is 62.1 Å². The zero-order valence-corrected chi connectivity index (χ0v) is 11.6. The summed E-state index contributed by atoms with van der Waals surface area (Å²) in [6, 6.07) is 10.2. The molecule has 3 nitrogen and oxygen atoms in total. The monoisotopic (exact) mass is 255 g/mol. The van der Waals surface area contributed by atoms with Crippen molar-refractivity contribution in [1.29, 1.82) is 0 Å². The third kappa shape index (κ3) is 3.71. The van der Waals surface area contributed by atoms with E-state index < -0.39 is 0 Å². The van der Waals surface area contributed by atoms with E-state index in [1.165, 1.54) is 11.1 Å². The SMILES string of the molecule is Cc1cc(N)c(NCCCc2ccccn2)cc1C. The summed E-state index contributed by atoms with van der Waals surface area (Å²) in [7, 11) is 0. The molecule has 0 atom stereocenters. The van der Waals surface area contributed by atoms with Crippen molar-refractivity contribution in [3.8, 4) is 0 Å². The van der Waals surface area contributed by atoms with E-state index >= 15 is 0 Å². The summed E-state index contributed by atoms with van der Waals surface area (Å²) < 4.78 is 0. The largest absolute Gasteiger partial charge is 0.397 e. The molecule has 19 heavy (non-hydrogen) atoms. The van der Waals surface area contributed by atoms with Crippen molar-refractivity contribution in [1.82, 2.24) is 4.98 Å². The number of anilines is 2. The second-order valence-corrected chi connectivity index (χ2v) is 4.88. The van der Waals surface area contributed by atoms with Gasteiger partial charge in [0.1, 0.15) is 0 Å². The number of aryl methyl sites for hydroxylation is 3. The van der Waals surface area contributed by atoms with Crippen LogP contribution in [-0.2, 0) is 6.42 Å². The van der Waals surface area contributed by atoms with Crippen LogP contribution in [-0.4, -0.2) is 11.5 Å². The maximum Gasteiger partial charge on any atom is 0.0576 e. The van der Waals surface area contributed by atoms with Gasteiger partial charge in [-0.1, -0.05) is 6.07 Å². The quantitative estimate of drug-likeness (QED) is 0.636. The standard InChI is InChI=1S/C16H21N3/c1-12-10-15(17)16(11-13(12)2)19-9-5-7-14-6-3-4-8-18-14/h3-4,6,8,10-11,19H,5,7,9,17H2,1-2H3. The summed E-state index contributed by atoms with van der Waals surface area (Å²) >= 11 is 0. The predicted molar refractivity (Wildman–Crippen MR) is 81.4 cm³/mol. The second-order valence-electron chi connectivity index (χ2n) is 4.88. The zero-order chi connectivity index (χ0) is 13.7. The lowest BCUT2D eigenvalue weighted by molar-refractivity contribution is 0.836. The minimum atomic E-state index is 0.820. The molecule has 1 aromatic heterocycles. The molecular weight excluding hydrogens is 234 g/mol. The molecule has 1 heterocycles. The van der Waals surface area contributed by atoms with Crippen LogP contribution in [0.1, 0.15) is 23.2 Å². The molecule has 0 amide bonds. The molecule has 0 bridgehead atoms. The average Bonchev–Trinajstić information content (AvgIpc) is 2.41. The van der Waals surface area contributed by atoms with Gasteiger partial charge in [0, 0.05) is 18.4 Å². The first-order chi connectivity index (χ1) is 9.16. The first kappa shape index (κ1) is 13.4. The molecular formula is C16H21N3. The summed E-state index contributed by atoms with van der Waals surface area (Å²) in [5.74, 6) is 0. The van der Waals surface area contributed by atoms with Crippen molar-refractivity contribution in [3.63, 3.8) is 0 Å². The number of nitrogens with zero attached hydrogens (tertiary/aromatic N) is 1. The lowest BCUT2D eigenvalue weighted by Gasteiger charge is -2.12. The van der Waals surface area contributed by atoms with Crippen LogP contribution < -0.4 is 11.1 Å². The highest BCUT2D eigenvalue weighted by Gasteiger charge is 2.02. The molecule has 0 aliphatic carbocycles. The third-order valence-corrected chi connectivity index (χ3v) is 3.32. The first-order valence-electron chi connectivity index (χ1n) is 6.67. The minimum absolute atomic E-state index is 0.820. The van der Waals surface area contributed by atoms with Gasteiger partial charge in [-0.3, -0.25) is 4.98 Å². The number of nitrogens with one attached hydrogen (secondary N) is 1. The Kier molecular flexibility index (Phi) is 4.39. The topological polar surface area (TPSA) is 50.9 Å². The molecule has 1 aromatic carbocycles. The molecule has 0 saturated carbocycles. The van der Waals surface area contributed by atoms with Gasteiger partial charge in [0.25, 0.3) is 0 Å². The fraction of sp³-hybridized carbons (Fsp3) is 0.312. The normalized spacial score (nSPS) is 10.4. The molecule has 0 saturated heterocycles. The molecule has 0 radical (unpaired) electrons. The van der Waals surface area contributed by atoms with E-state index in [1.807, 2.05) is 24.4 Å². The summed E-state index contributed by atoms with van der Waals surface area (Å²) in [5.41, 5.74) is 11.5. The van der Waals surface area contributed by atoms with Gasteiger partial charge < -0.3 is 11.1 Å². The smallest absolute Gasteiger partial charge is 0.0576 e. The molecule has 0 unspecified atom stereocenters. The minimum Gasteiger partial charge on any atom is -0.397 e. The van der Waals surface area contributed by atoms with Gasteiger partial charge in [0.2, 0.25) is 0 Å². The maximum atomic E-state index is 6.01. The van der Waals surface area contributed by atoms with E-state index in [4.69, 9.17) is 5.73 Å². The highest BCUT2D eigenvalue weighted by molar-refractivity contribution is 5.68. The number of pyridine rings is 1. The Morgan fingerprint density at radius 1 is 1.16 bits per heavy atom. The van der Waals surface area contributed by atoms with Crippen LogP contribution in [0.5, 0.6) is 0 Å². The van der Waals surface area contributed by atoms with Crippen LogP contribution in [0.4, 0.5) is 11.4 Å². The molecule has 2 aromatic rings. The van der Waals surface area contributed by atoms with Crippen molar-refractivity contribution in [3.05, 3.63) is 53.3 Å². The van der Waals surface area contributed by atoms with Gasteiger partial charge in [-0.2, -0.15) is 0 Å². The van der Waals surface area contributed by atoms with Crippen molar-refractivity contribution < 1.29 is 0 Å². The van der Waals surface area contributed by atoms with Crippen LogP contribution in [0, 0.1) is 13.8 Å². The summed E-state index contributed by atoms with van der Waals surface area (Å²) in [6.07, 6.45) is 3.87. The Labute approximate surface area is 114 Å². The average molecular weight is 255 g/mol. The van der Waals surface area contributed by atoms with E-state index in [0.717, 1.165) is 36.5 Å². The van der Waals surface area contributed by atoms with Crippen molar-refractivity contribution in [2.24, 2.45) is 0 Å². The Hall–Kier alpha value is -2.03. The number of benzene rings is 1. The molecule has 2 rings (SSSR count). The number of hydrogen-bond donors (Lipinski definition) is 2. The Morgan fingerprint density at radius 2 is 1.95 bits per heavy atom. The number of rotatable bonds is 5. The zero-order valence-electron chi connectivity index (χ0n) is 11.6. The molecule has 0 aliphatic rings. The Balaban J connectivity index is 1.85. The van der Waals surface area contributed by atoms with Gasteiger partial charge >= 0.3 is 0 Å². The van der Waals surface area contributed by atoms with E-state index in [1.54, 1.807) is 0 Å². The number of aromatic nitrogens is 1. The van der Waals surface area contributed by atoms with Crippen LogP contribution in [0.2, 0.25) is 0 Å². The van der Waals surface area contributed by atoms with Crippen molar-refractivity contribution >= 4 is 11.4 Å². The molecule has 0 spiro atoms. The number of nitrogen functional groups attached to an aromatic ring is 1. The summed E-state index contributed by atoms with van der Waals surface area (Å²) in [4.78, 5) is 4.31. The highest BCUT2D eigenvalue weighted by Crippen LogP contribution is 2.22. The Morgan fingerprint density at radius 3 is 2.68 bits per heavy atom. The van der Waals surface area contributed by atoms with Crippen LogP contribution >= 0.6 is 0 Å². The lowest BCUT2D eigenvalue weighted by atomic mass is 10.1. The van der Waals surface area contributed by atoms with Gasteiger partial charge in [0.05, 0.1) is 11.4 Å². The molecule has 3 N–H and O–H groups in total. The van der Waals surface area contributed by atoms with Gasteiger partial charge in [0.15, 0.2) is 0 Å². The van der Waals surface area contributed by atoms with E-state index in [2.05, 4.69) is 36.3 Å². The molecule has 100 valence electrons. The predicted octanol–water partition coefficient (Wildman–Crippen LogP) is 3.33. The summed E-state index contributed by atoms with van der Waals surface area (Å²) in [6.45, 7) is 5.09. The number of hydrogen-bond acceptors (Lipinski definition) is 3. The number of nitrogens with two attached hydrogens (primary N) is 1. The Bertz CT molecular complexity index is 535. The fourth-order valence-corrected chi connectivity index (χ4v) is 2.03. The van der Waals surface area contributed by atoms with Gasteiger partial charge in [-0.25, -0.2) is 0 Å². The fourth-order valence-electron chi connectivity index (χ4n) is 2.03. The third-order valence-electron chi connectivity index (χ3n) is 3.32. The lowest BCUT2D eigenvalue weighted by Crippen LogP contribution is -2.06. The molecule has 0 aliphatic heterocycles. The van der Waals surface area contributed by atoms with Crippen LogP contribution in [0.15, 0.2) is 36.5 Å². The summed E-state index contributed by atoms with van der Waals surface area (Å²) in [5, 5.41) is 3.40. The van der Waals surface area contributed by atoms with Crippen LogP contribution in [0.3, 0.4) is 0 Å². The molecule has 0 fully saturated rings. The van der Waals surface area contributed by atoms with Crippen molar-refractivity contribution in [2.45, 2.75) is 26.7 Å². The maximum absolute atomic E-state index is 6.01. The first-order valence-corrected chi connectivity index (χ1v) is 6.67. The van der Waals surface area contributed by atoms with Gasteiger partial charge in [-0.15, -0.1) is 0 Å².